The first-order valence-electron chi connectivity index (χ1n) is 8.73. The van der Waals surface area contributed by atoms with Gasteiger partial charge in [0.05, 0.1) is 29.2 Å². The Hall–Kier alpha value is -3.29. The van der Waals surface area contributed by atoms with Crippen LogP contribution in [-0.4, -0.2) is 38.2 Å². The van der Waals surface area contributed by atoms with E-state index in [2.05, 4.69) is 20.3 Å². The minimum absolute atomic E-state index is 0.0602. The first-order valence-corrected chi connectivity index (χ1v) is 8.73. The molecule has 0 bridgehead atoms. The number of aromatic nitrogens is 3. The van der Waals surface area contributed by atoms with E-state index >= 15 is 0 Å². The van der Waals surface area contributed by atoms with E-state index in [-0.39, 0.29) is 24.2 Å². The minimum atomic E-state index is -0.445. The highest BCUT2D eigenvalue weighted by atomic mass is 16.3. The van der Waals surface area contributed by atoms with Gasteiger partial charge in [0, 0.05) is 19.2 Å². The molecule has 0 aromatic carbocycles. The molecule has 1 fully saturated rings. The highest BCUT2D eigenvalue weighted by Crippen LogP contribution is 2.23. The Bertz CT molecular complexity index is 1010. The lowest BCUT2D eigenvalue weighted by molar-refractivity contribution is -0.128. The number of rotatable bonds is 4. The SMILES string of the molecule is Cc1cc2c(C)nc(NC(=O)C3CC(=O)N(Cc4ccccn4)C3)nc2o1. The van der Waals surface area contributed by atoms with Crippen LogP contribution in [0.5, 0.6) is 0 Å². The Morgan fingerprint density at radius 1 is 1.33 bits per heavy atom. The second-order valence-electron chi connectivity index (χ2n) is 6.69. The monoisotopic (exact) mass is 365 g/mol. The predicted octanol–water partition coefficient (Wildman–Crippen LogP) is 2.22. The van der Waals surface area contributed by atoms with Gasteiger partial charge in [0.15, 0.2) is 0 Å². The van der Waals surface area contributed by atoms with Crippen molar-refractivity contribution in [1.29, 1.82) is 0 Å². The van der Waals surface area contributed by atoms with Gasteiger partial charge in [0.2, 0.25) is 23.5 Å². The summed E-state index contributed by atoms with van der Waals surface area (Å²) in [7, 11) is 0. The largest absolute Gasteiger partial charge is 0.443 e. The summed E-state index contributed by atoms with van der Waals surface area (Å²) in [6.45, 7) is 4.42. The molecule has 3 aromatic rings. The fourth-order valence-electron chi connectivity index (χ4n) is 3.24. The first kappa shape index (κ1) is 17.1. The summed E-state index contributed by atoms with van der Waals surface area (Å²) in [6, 6.07) is 7.42. The Balaban J connectivity index is 1.45. The molecule has 0 saturated carbocycles. The maximum atomic E-state index is 12.6. The molecular formula is C19H19N5O3. The molecule has 138 valence electrons. The zero-order valence-corrected chi connectivity index (χ0v) is 15.1. The molecule has 1 unspecified atom stereocenters. The van der Waals surface area contributed by atoms with E-state index in [0.717, 1.165) is 22.5 Å². The van der Waals surface area contributed by atoms with Crippen LogP contribution in [0.4, 0.5) is 5.95 Å². The van der Waals surface area contributed by atoms with Crippen molar-refractivity contribution in [2.75, 3.05) is 11.9 Å². The third-order valence-corrected chi connectivity index (χ3v) is 4.61. The van der Waals surface area contributed by atoms with Gasteiger partial charge in [0.1, 0.15) is 5.76 Å². The second-order valence-corrected chi connectivity index (χ2v) is 6.69. The van der Waals surface area contributed by atoms with Gasteiger partial charge in [-0.3, -0.25) is 19.9 Å². The molecule has 0 spiro atoms. The number of amides is 2. The van der Waals surface area contributed by atoms with Crippen molar-refractivity contribution >= 4 is 28.9 Å². The first-order chi connectivity index (χ1) is 13.0. The van der Waals surface area contributed by atoms with E-state index in [1.807, 2.05) is 38.1 Å². The summed E-state index contributed by atoms with van der Waals surface area (Å²) in [5.74, 6) is 0.149. The number of hydrogen-bond donors (Lipinski definition) is 1. The van der Waals surface area contributed by atoms with Crippen LogP contribution in [0.25, 0.3) is 11.1 Å². The summed E-state index contributed by atoms with van der Waals surface area (Å²) < 4.78 is 5.53. The molecule has 8 nitrogen and oxygen atoms in total. The van der Waals surface area contributed by atoms with Crippen molar-refractivity contribution in [3.05, 3.63) is 47.6 Å². The van der Waals surface area contributed by atoms with E-state index in [1.165, 1.54) is 0 Å². The van der Waals surface area contributed by atoms with Gasteiger partial charge in [-0.2, -0.15) is 4.98 Å². The lowest BCUT2D eigenvalue weighted by atomic mass is 10.1. The fraction of sp³-hybridized carbons (Fsp3) is 0.316. The molecule has 1 atom stereocenters. The number of fused-ring (bicyclic) bond motifs is 1. The third kappa shape index (κ3) is 3.51. The summed E-state index contributed by atoms with van der Waals surface area (Å²) in [5, 5.41) is 3.54. The number of anilines is 1. The van der Waals surface area contributed by atoms with Crippen LogP contribution < -0.4 is 5.32 Å². The Kier molecular flexibility index (Phi) is 4.31. The van der Waals surface area contributed by atoms with E-state index in [0.29, 0.717) is 18.8 Å². The Labute approximate surface area is 155 Å². The lowest BCUT2D eigenvalue weighted by Crippen LogP contribution is -2.28. The van der Waals surface area contributed by atoms with Crippen molar-refractivity contribution < 1.29 is 14.0 Å². The number of carbonyl (C=O) groups is 2. The molecule has 1 aliphatic rings. The molecule has 1 aliphatic heterocycles. The standard InChI is InChI=1S/C19H19N5O3/c1-11-7-15-12(2)21-19(23-18(15)27-11)22-17(26)13-8-16(25)24(9-13)10-14-5-3-4-6-20-14/h3-7,13H,8-10H2,1-2H3,(H,21,22,23,26). The molecule has 4 heterocycles. The van der Waals surface area contributed by atoms with Crippen molar-refractivity contribution in [3.8, 4) is 0 Å². The van der Waals surface area contributed by atoms with Gasteiger partial charge in [0.25, 0.3) is 0 Å². The highest BCUT2D eigenvalue weighted by molar-refractivity contribution is 5.96. The molecule has 4 rings (SSSR count). The summed E-state index contributed by atoms with van der Waals surface area (Å²) in [6.07, 6.45) is 1.85. The van der Waals surface area contributed by atoms with Crippen molar-refractivity contribution in [3.63, 3.8) is 0 Å². The summed E-state index contributed by atoms with van der Waals surface area (Å²) in [5.41, 5.74) is 1.96. The average molecular weight is 365 g/mol. The average Bonchev–Trinajstić information content (AvgIpc) is 3.19. The normalized spacial score (nSPS) is 16.9. The number of carbonyl (C=O) groups excluding carboxylic acids is 2. The zero-order chi connectivity index (χ0) is 19.0. The number of hydrogen-bond acceptors (Lipinski definition) is 6. The number of furan rings is 1. The van der Waals surface area contributed by atoms with Crippen molar-refractivity contribution in [2.24, 2.45) is 5.92 Å². The summed E-state index contributed by atoms with van der Waals surface area (Å²) >= 11 is 0. The highest BCUT2D eigenvalue weighted by Gasteiger charge is 2.34. The number of nitrogens with zero attached hydrogens (tertiary/aromatic N) is 4. The van der Waals surface area contributed by atoms with Crippen molar-refractivity contribution in [1.82, 2.24) is 19.9 Å². The number of aryl methyl sites for hydroxylation is 2. The molecule has 8 heteroatoms. The maximum Gasteiger partial charge on any atom is 0.233 e. The Morgan fingerprint density at radius 2 is 2.19 bits per heavy atom. The van der Waals surface area contributed by atoms with E-state index in [1.54, 1.807) is 11.1 Å². The van der Waals surface area contributed by atoms with Gasteiger partial charge in [-0.15, -0.1) is 0 Å². The van der Waals surface area contributed by atoms with Gasteiger partial charge in [-0.25, -0.2) is 4.98 Å². The van der Waals surface area contributed by atoms with Crippen LogP contribution in [-0.2, 0) is 16.1 Å². The molecule has 3 aromatic heterocycles. The number of pyridine rings is 1. The van der Waals surface area contributed by atoms with Crippen molar-refractivity contribution in [2.45, 2.75) is 26.8 Å². The Morgan fingerprint density at radius 3 is 2.96 bits per heavy atom. The summed E-state index contributed by atoms with van der Waals surface area (Å²) in [4.78, 5) is 39.3. The molecule has 0 radical (unpaired) electrons. The molecular weight excluding hydrogens is 346 g/mol. The second kappa shape index (κ2) is 6.79. The van der Waals surface area contributed by atoms with Gasteiger partial charge < -0.3 is 9.32 Å². The molecule has 1 N–H and O–H groups in total. The van der Waals surface area contributed by atoms with Crippen LogP contribution in [0.3, 0.4) is 0 Å². The predicted molar refractivity (Wildman–Crippen MR) is 97.7 cm³/mol. The fourth-order valence-corrected chi connectivity index (χ4v) is 3.24. The minimum Gasteiger partial charge on any atom is -0.443 e. The number of likely N-dealkylation sites (tertiary alicyclic amines) is 1. The van der Waals surface area contributed by atoms with Crippen LogP contribution >= 0.6 is 0 Å². The van der Waals surface area contributed by atoms with Crippen LogP contribution in [0, 0.1) is 19.8 Å². The smallest absolute Gasteiger partial charge is 0.233 e. The van der Waals surface area contributed by atoms with Gasteiger partial charge in [-0.05, 0) is 32.0 Å². The molecule has 2 amide bonds. The van der Waals surface area contributed by atoms with E-state index in [9.17, 15) is 9.59 Å². The van der Waals surface area contributed by atoms with Gasteiger partial charge >= 0.3 is 0 Å². The topological polar surface area (TPSA) is 101 Å². The van der Waals surface area contributed by atoms with Crippen LogP contribution in [0.1, 0.15) is 23.6 Å². The quantitative estimate of drug-likeness (QED) is 0.761. The van der Waals surface area contributed by atoms with Crippen LogP contribution in [0.2, 0.25) is 0 Å². The molecule has 0 aliphatic carbocycles. The number of nitrogens with one attached hydrogen (secondary N) is 1. The third-order valence-electron chi connectivity index (χ3n) is 4.61. The van der Waals surface area contributed by atoms with Crippen LogP contribution in [0.15, 0.2) is 34.9 Å². The zero-order valence-electron chi connectivity index (χ0n) is 15.1. The van der Waals surface area contributed by atoms with Gasteiger partial charge in [-0.1, -0.05) is 6.07 Å². The van der Waals surface area contributed by atoms with E-state index < -0.39 is 5.92 Å². The molecule has 1 saturated heterocycles. The lowest BCUT2D eigenvalue weighted by Gasteiger charge is -2.15. The van der Waals surface area contributed by atoms with E-state index in [4.69, 9.17) is 4.42 Å². The molecule has 27 heavy (non-hydrogen) atoms. The maximum absolute atomic E-state index is 12.6.